The van der Waals surface area contributed by atoms with E-state index in [0.717, 1.165) is 38.4 Å². The Morgan fingerprint density at radius 3 is 2.35 bits per heavy atom. The van der Waals surface area contributed by atoms with Crippen LogP contribution in [-0.4, -0.2) is 56.9 Å². The number of hydrazine groups is 1. The fourth-order valence-electron chi connectivity index (χ4n) is 1.95. The van der Waals surface area contributed by atoms with E-state index in [1.54, 1.807) is 14.2 Å². The first-order chi connectivity index (χ1) is 8.26. The lowest BCUT2D eigenvalue weighted by atomic mass is 10.3. The van der Waals surface area contributed by atoms with E-state index in [1.807, 2.05) is 0 Å². The summed E-state index contributed by atoms with van der Waals surface area (Å²) in [7, 11) is 3.40. The zero-order valence-electron chi connectivity index (χ0n) is 11.0. The van der Waals surface area contributed by atoms with Crippen LogP contribution >= 0.6 is 0 Å². The highest BCUT2D eigenvalue weighted by Crippen LogP contribution is 2.15. The third-order valence-corrected chi connectivity index (χ3v) is 3.02. The first-order valence-corrected chi connectivity index (χ1v) is 6.08. The van der Waals surface area contributed by atoms with Crippen LogP contribution in [0.15, 0.2) is 4.99 Å². The van der Waals surface area contributed by atoms with Gasteiger partial charge in [-0.1, -0.05) is 13.3 Å². The molecule has 0 aliphatic carbocycles. The molecule has 100 valence electrons. The largest absolute Gasteiger partial charge is 0.377 e. The average molecular weight is 244 g/mol. The summed E-state index contributed by atoms with van der Waals surface area (Å²) in [6.45, 7) is 4.44. The van der Waals surface area contributed by atoms with Crippen molar-refractivity contribution in [2.45, 2.75) is 32.0 Å². The molecule has 3 N–H and O–H groups in total. The SMILES string of the molecule is CCCCN=C(NN)N1CC(OC)C(OC)C1. The zero-order chi connectivity index (χ0) is 12.7. The fraction of sp³-hybridized carbons (Fsp3) is 0.909. The zero-order valence-corrected chi connectivity index (χ0v) is 11.0. The van der Waals surface area contributed by atoms with Gasteiger partial charge < -0.3 is 14.4 Å². The van der Waals surface area contributed by atoms with Crippen molar-refractivity contribution in [2.24, 2.45) is 10.8 Å². The highest BCUT2D eigenvalue weighted by atomic mass is 16.5. The molecule has 6 nitrogen and oxygen atoms in total. The van der Waals surface area contributed by atoms with Crippen LogP contribution in [0.25, 0.3) is 0 Å². The maximum atomic E-state index is 5.50. The minimum Gasteiger partial charge on any atom is -0.377 e. The normalized spacial score (nSPS) is 25.4. The maximum Gasteiger partial charge on any atom is 0.208 e. The van der Waals surface area contributed by atoms with Gasteiger partial charge in [-0.15, -0.1) is 0 Å². The number of ether oxygens (including phenoxy) is 2. The van der Waals surface area contributed by atoms with E-state index in [9.17, 15) is 0 Å². The van der Waals surface area contributed by atoms with Crippen LogP contribution in [0.5, 0.6) is 0 Å². The van der Waals surface area contributed by atoms with Gasteiger partial charge in [0.1, 0.15) is 12.2 Å². The summed E-state index contributed by atoms with van der Waals surface area (Å²) in [6.07, 6.45) is 2.35. The Balaban J connectivity index is 2.56. The molecular formula is C11H24N4O2. The predicted octanol–water partition coefficient (Wildman–Crippen LogP) is -0.0486. The van der Waals surface area contributed by atoms with Crippen molar-refractivity contribution < 1.29 is 9.47 Å². The second kappa shape index (κ2) is 7.47. The first kappa shape index (κ1) is 14.2. The molecule has 0 spiro atoms. The number of aliphatic imine (C=N–C) groups is 1. The van der Waals surface area contributed by atoms with E-state index in [2.05, 4.69) is 22.2 Å². The number of guanidine groups is 1. The number of hydrogen-bond acceptors (Lipinski definition) is 4. The van der Waals surface area contributed by atoms with Crippen LogP contribution in [0.4, 0.5) is 0 Å². The Morgan fingerprint density at radius 1 is 1.35 bits per heavy atom. The fourth-order valence-corrected chi connectivity index (χ4v) is 1.95. The third-order valence-electron chi connectivity index (χ3n) is 3.02. The van der Waals surface area contributed by atoms with E-state index in [4.69, 9.17) is 15.3 Å². The molecule has 0 bridgehead atoms. The molecule has 0 aromatic carbocycles. The highest BCUT2D eigenvalue weighted by Gasteiger charge is 2.34. The summed E-state index contributed by atoms with van der Waals surface area (Å²) in [6, 6.07) is 0. The number of nitrogens with one attached hydrogen (secondary N) is 1. The molecule has 1 aliphatic rings. The van der Waals surface area contributed by atoms with Gasteiger partial charge in [-0.2, -0.15) is 0 Å². The monoisotopic (exact) mass is 244 g/mol. The molecule has 2 unspecified atom stereocenters. The molecule has 1 rings (SSSR count). The molecule has 6 heteroatoms. The van der Waals surface area contributed by atoms with E-state index >= 15 is 0 Å². The first-order valence-electron chi connectivity index (χ1n) is 6.08. The van der Waals surface area contributed by atoms with E-state index in [0.29, 0.717) is 0 Å². The van der Waals surface area contributed by atoms with Crippen LogP contribution in [0, 0.1) is 0 Å². The lowest BCUT2D eigenvalue weighted by Gasteiger charge is -2.19. The topological polar surface area (TPSA) is 72.1 Å². The molecule has 0 aromatic heterocycles. The number of nitrogens with zero attached hydrogens (tertiary/aromatic N) is 2. The average Bonchev–Trinajstić information content (AvgIpc) is 2.77. The Bertz CT molecular complexity index is 236. The van der Waals surface area contributed by atoms with Crippen LogP contribution in [0.2, 0.25) is 0 Å². The predicted molar refractivity (Wildman–Crippen MR) is 67.7 cm³/mol. The lowest BCUT2D eigenvalue weighted by molar-refractivity contribution is -0.00461. The molecular weight excluding hydrogens is 220 g/mol. The van der Waals surface area contributed by atoms with Crippen molar-refractivity contribution in [1.82, 2.24) is 10.3 Å². The van der Waals surface area contributed by atoms with Gasteiger partial charge in [0.15, 0.2) is 0 Å². The van der Waals surface area contributed by atoms with Gasteiger partial charge in [-0.3, -0.25) is 10.4 Å². The van der Waals surface area contributed by atoms with Crippen molar-refractivity contribution in [2.75, 3.05) is 33.9 Å². The summed E-state index contributed by atoms with van der Waals surface area (Å²) in [4.78, 5) is 6.51. The van der Waals surface area contributed by atoms with Crippen molar-refractivity contribution in [3.63, 3.8) is 0 Å². The summed E-state index contributed by atoms with van der Waals surface area (Å²) < 4.78 is 10.7. The van der Waals surface area contributed by atoms with Gasteiger partial charge in [-0.05, 0) is 6.42 Å². The molecule has 1 aliphatic heterocycles. The van der Waals surface area contributed by atoms with Crippen LogP contribution in [0.1, 0.15) is 19.8 Å². The smallest absolute Gasteiger partial charge is 0.208 e. The van der Waals surface area contributed by atoms with Crippen molar-refractivity contribution in [1.29, 1.82) is 0 Å². The van der Waals surface area contributed by atoms with Gasteiger partial charge in [-0.25, -0.2) is 5.84 Å². The van der Waals surface area contributed by atoms with E-state index in [-0.39, 0.29) is 12.2 Å². The number of unbranched alkanes of at least 4 members (excludes halogenated alkanes) is 1. The summed E-state index contributed by atoms with van der Waals surface area (Å²) in [5.41, 5.74) is 2.66. The van der Waals surface area contributed by atoms with Crippen molar-refractivity contribution in [3.8, 4) is 0 Å². The van der Waals surface area contributed by atoms with Crippen LogP contribution in [0.3, 0.4) is 0 Å². The van der Waals surface area contributed by atoms with Gasteiger partial charge in [0.05, 0.1) is 0 Å². The summed E-state index contributed by atoms with van der Waals surface area (Å²) >= 11 is 0. The molecule has 0 saturated carbocycles. The summed E-state index contributed by atoms with van der Waals surface area (Å²) in [5.74, 6) is 6.23. The van der Waals surface area contributed by atoms with Gasteiger partial charge in [0, 0.05) is 33.9 Å². The molecule has 0 aromatic rings. The molecule has 1 fully saturated rings. The van der Waals surface area contributed by atoms with Crippen LogP contribution in [-0.2, 0) is 9.47 Å². The summed E-state index contributed by atoms with van der Waals surface area (Å²) in [5, 5.41) is 0. The van der Waals surface area contributed by atoms with Gasteiger partial charge in [0.25, 0.3) is 0 Å². The van der Waals surface area contributed by atoms with E-state index < -0.39 is 0 Å². The van der Waals surface area contributed by atoms with Gasteiger partial charge >= 0.3 is 0 Å². The van der Waals surface area contributed by atoms with Crippen molar-refractivity contribution in [3.05, 3.63) is 0 Å². The van der Waals surface area contributed by atoms with Crippen LogP contribution < -0.4 is 11.3 Å². The maximum absolute atomic E-state index is 5.50. The minimum atomic E-state index is 0.0738. The molecule has 1 saturated heterocycles. The van der Waals surface area contributed by atoms with E-state index in [1.165, 1.54) is 0 Å². The second-order valence-electron chi connectivity index (χ2n) is 4.16. The molecule has 0 radical (unpaired) electrons. The number of rotatable bonds is 5. The minimum absolute atomic E-state index is 0.0738. The van der Waals surface area contributed by atoms with Gasteiger partial charge in [0.2, 0.25) is 5.96 Å². The lowest BCUT2D eigenvalue weighted by Crippen LogP contribution is -2.44. The molecule has 0 amide bonds. The highest BCUT2D eigenvalue weighted by molar-refractivity contribution is 5.79. The Labute approximate surface area is 103 Å². The quantitative estimate of drug-likeness (QED) is 0.233. The molecule has 2 atom stereocenters. The van der Waals surface area contributed by atoms with Crippen molar-refractivity contribution >= 4 is 5.96 Å². The Morgan fingerprint density at radius 2 is 1.94 bits per heavy atom. The third kappa shape index (κ3) is 3.83. The number of hydrogen-bond donors (Lipinski definition) is 2. The Kier molecular flexibility index (Phi) is 6.25. The molecule has 1 heterocycles. The Hall–Kier alpha value is -0.850. The standard InChI is InChI=1S/C11H24N4O2/c1-4-5-6-13-11(14-12)15-7-9(16-2)10(8-15)17-3/h9-10H,4-8,12H2,1-3H3,(H,13,14). The number of likely N-dealkylation sites (tertiary alicyclic amines) is 1. The number of methoxy groups -OCH3 is 2. The second-order valence-corrected chi connectivity index (χ2v) is 4.16. The number of nitrogens with two attached hydrogens (primary N) is 1. The molecule has 17 heavy (non-hydrogen) atoms.